The van der Waals surface area contributed by atoms with Gasteiger partial charge in [-0.3, -0.25) is 9.48 Å². The number of carbonyl (C=O) groups is 2. The van der Waals surface area contributed by atoms with Crippen molar-refractivity contribution in [2.45, 2.75) is 13.8 Å². The molecule has 2 aromatic rings. The van der Waals surface area contributed by atoms with Gasteiger partial charge < -0.3 is 14.5 Å². The van der Waals surface area contributed by atoms with Crippen LogP contribution < -0.4 is 5.32 Å². The molecule has 0 aromatic carbocycles. The summed E-state index contributed by atoms with van der Waals surface area (Å²) in [7, 11) is 1.76. The number of hydrogen-bond acceptors (Lipinski definition) is 6. The summed E-state index contributed by atoms with van der Waals surface area (Å²) in [5, 5.41) is 15.8. The lowest BCUT2D eigenvalue weighted by Crippen LogP contribution is -2.22. The molecule has 2 heterocycles. The van der Waals surface area contributed by atoms with Crippen LogP contribution in [-0.2, 0) is 21.4 Å². The first-order valence-corrected chi connectivity index (χ1v) is 7.05. The Morgan fingerprint density at radius 1 is 1.50 bits per heavy atom. The molecular weight excluding hydrogens is 312 g/mol. The molecule has 1 N–H and O–H groups in total. The van der Waals surface area contributed by atoms with E-state index in [1.54, 1.807) is 36.9 Å². The number of amides is 1. The van der Waals surface area contributed by atoms with E-state index in [4.69, 9.17) is 14.4 Å². The van der Waals surface area contributed by atoms with Gasteiger partial charge in [-0.2, -0.15) is 10.4 Å². The molecule has 0 aliphatic carbocycles. The van der Waals surface area contributed by atoms with Crippen molar-refractivity contribution in [3.8, 4) is 6.07 Å². The van der Waals surface area contributed by atoms with Crippen LogP contribution in [0.4, 0.5) is 5.69 Å². The second kappa shape index (κ2) is 7.28. The quantitative estimate of drug-likeness (QED) is 0.508. The molecule has 0 aliphatic heterocycles. The molecule has 0 atom stereocenters. The molecule has 2 rings (SSSR count). The number of rotatable bonds is 5. The van der Waals surface area contributed by atoms with E-state index in [1.807, 2.05) is 6.92 Å². The summed E-state index contributed by atoms with van der Waals surface area (Å²) < 4.78 is 11.5. The Kier molecular flexibility index (Phi) is 5.16. The Labute approximate surface area is 138 Å². The maximum atomic E-state index is 11.9. The van der Waals surface area contributed by atoms with Gasteiger partial charge in [-0.05, 0) is 26.0 Å². The van der Waals surface area contributed by atoms with Gasteiger partial charge >= 0.3 is 5.97 Å². The van der Waals surface area contributed by atoms with Crippen molar-refractivity contribution >= 4 is 23.6 Å². The van der Waals surface area contributed by atoms with E-state index in [-0.39, 0.29) is 5.57 Å². The highest BCUT2D eigenvalue weighted by atomic mass is 16.5. The topological polar surface area (TPSA) is 110 Å². The number of ether oxygens (including phenoxy) is 1. The molecule has 0 saturated carbocycles. The Bertz CT molecular complexity index is 825. The molecule has 0 radical (unpaired) electrons. The predicted octanol–water partition coefficient (Wildman–Crippen LogP) is 1.72. The molecule has 2 aromatic heterocycles. The molecule has 0 unspecified atom stereocenters. The largest absolute Gasteiger partial charge is 0.465 e. The molecule has 124 valence electrons. The van der Waals surface area contributed by atoms with Crippen LogP contribution >= 0.6 is 0 Å². The first-order chi connectivity index (χ1) is 11.4. The monoisotopic (exact) mass is 328 g/mol. The van der Waals surface area contributed by atoms with Crippen molar-refractivity contribution in [2.75, 3.05) is 11.9 Å². The minimum Gasteiger partial charge on any atom is -0.465 e. The first-order valence-electron chi connectivity index (χ1n) is 7.05. The number of furan rings is 1. The average molecular weight is 328 g/mol. The van der Waals surface area contributed by atoms with Gasteiger partial charge in [0.2, 0.25) is 0 Å². The van der Waals surface area contributed by atoms with E-state index in [0.717, 1.165) is 5.69 Å². The Balaban J connectivity index is 1.96. The molecular formula is C16H16N4O4. The van der Waals surface area contributed by atoms with Crippen molar-refractivity contribution in [2.24, 2.45) is 7.05 Å². The van der Waals surface area contributed by atoms with Crippen molar-refractivity contribution < 1.29 is 18.7 Å². The molecule has 1 amide bonds. The summed E-state index contributed by atoms with van der Waals surface area (Å²) in [6.45, 7) is 3.06. The molecule has 0 bridgehead atoms. The number of nitrogens with zero attached hydrogens (tertiary/aromatic N) is 3. The van der Waals surface area contributed by atoms with E-state index in [1.165, 1.54) is 12.3 Å². The molecule has 0 saturated heterocycles. The Hall–Kier alpha value is -3.34. The van der Waals surface area contributed by atoms with Crippen LogP contribution in [-0.4, -0.2) is 28.3 Å². The van der Waals surface area contributed by atoms with E-state index in [0.29, 0.717) is 17.1 Å². The second-order valence-corrected chi connectivity index (χ2v) is 4.98. The number of hydrogen-bond donors (Lipinski definition) is 1. The van der Waals surface area contributed by atoms with Crippen LogP contribution in [0.2, 0.25) is 0 Å². The summed E-state index contributed by atoms with van der Waals surface area (Å²) in [5.74, 6) is -1.07. The van der Waals surface area contributed by atoms with Gasteiger partial charge in [0.1, 0.15) is 17.4 Å². The predicted molar refractivity (Wildman–Crippen MR) is 84.6 cm³/mol. The molecule has 0 spiro atoms. The van der Waals surface area contributed by atoms with Gasteiger partial charge in [0.15, 0.2) is 6.61 Å². The van der Waals surface area contributed by atoms with Gasteiger partial charge in [-0.15, -0.1) is 0 Å². The lowest BCUT2D eigenvalue weighted by Gasteiger charge is -2.06. The van der Waals surface area contributed by atoms with Crippen molar-refractivity contribution in [1.82, 2.24) is 9.78 Å². The number of nitriles is 1. The van der Waals surface area contributed by atoms with Crippen molar-refractivity contribution in [3.63, 3.8) is 0 Å². The van der Waals surface area contributed by atoms with Gasteiger partial charge in [-0.1, -0.05) is 0 Å². The van der Waals surface area contributed by atoms with E-state index in [2.05, 4.69) is 10.4 Å². The highest BCUT2D eigenvalue weighted by Gasteiger charge is 2.16. The third kappa shape index (κ3) is 3.89. The third-order valence-corrected chi connectivity index (χ3v) is 3.28. The minimum atomic E-state index is -0.899. The summed E-state index contributed by atoms with van der Waals surface area (Å²) >= 11 is 0. The zero-order chi connectivity index (χ0) is 17.7. The lowest BCUT2D eigenvalue weighted by molar-refractivity contribution is -0.142. The molecule has 24 heavy (non-hydrogen) atoms. The molecule has 8 heteroatoms. The van der Waals surface area contributed by atoms with Crippen LogP contribution in [0.1, 0.15) is 17.1 Å². The van der Waals surface area contributed by atoms with Crippen LogP contribution in [0.5, 0.6) is 0 Å². The maximum Gasteiger partial charge on any atom is 0.349 e. The zero-order valence-electron chi connectivity index (χ0n) is 13.5. The van der Waals surface area contributed by atoms with Gasteiger partial charge in [0.25, 0.3) is 5.91 Å². The number of aryl methyl sites for hydroxylation is 2. The van der Waals surface area contributed by atoms with Crippen LogP contribution in [0.15, 0.2) is 28.4 Å². The lowest BCUT2D eigenvalue weighted by atomic mass is 10.2. The van der Waals surface area contributed by atoms with Crippen molar-refractivity contribution in [3.05, 3.63) is 41.1 Å². The standard InChI is InChI=1S/C16H16N4O4/c1-10-15(11(2)20(3)19-10)18-14(21)9-24-16(22)12(8-17)7-13-5-4-6-23-13/h4-7H,9H2,1-3H3,(H,18,21)/b12-7+. The second-order valence-electron chi connectivity index (χ2n) is 4.98. The van der Waals surface area contributed by atoms with Gasteiger partial charge in [-0.25, -0.2) is 4.79 Å². The Morgan fingerprint density at radius 3 is 2.79 bits per heavy atom. The van der Waals surface area contributed by atoms with Crippen LogP contribution in [0.25, 0.3) is 6.08 Å². The van der Waals surface area contributed by atoms with Crippen LogP contribution in [0, 0.1) is 25.2 Å². The number of anilines is 1. The highest BCUT2D eigenvalue weighted by Crippen LogP contribution is 2.18. The van der Waals surface area contributed by atoms with E-state index < -0.39 is 18.5 Å². The first kappa shape index (κ1) is 17.0. The summed E-state index contributed by atoms with van der Waals surface area (Å²) in [4.78, 5) is 23.8. The van der Waals surface area contributed by atoms with Crippen LogP contribution in [0.3, 0.4) is 0 Å². The zero-order valence-corrected chi connectivity index (χ0v) is 13.5. The normalized spacial score (nSPS) is 11.0. The molecule has 0 aliphatic rings. The van der Waals surface area contributed by atoms with Gasteiger partial charge in [0, 0.05) is 13.1 Å². The van der Waals surface area contributed by atoms with Crippen molar-refractivity contribution in [1.29, 1.82) is 5.26 Å². The van der Waals surface area contributed by atoms with E-state index in [9.17, 15) is 9.59 Å². The minimum absolute atomic E-state index is 0.258. The number of aromatic nitrogens is 2. The number of carbonyl (C=O) groups excluding carboxylic acids is 2. The number of esters is 1. The summed E-state index contributed by atoms with van der Waals surface area (Å²) in [5.41, 5.74) is 1.75. The SMILES string of the molecule is Cc1nn(C)c(C)c1NC(=O)COC(=O)/C(C#N)=C/c1ccco1. The van der Waals surface area contributed by atoms with E-state index >= 15 is 0 Å². The summed E-state index contributed by atoms with van der Waals surface area (Å²) in [6, 6.07) is 4.93. The Morgan fingerprint density at radius 2 is 2.25 bits per heavy atom. The maximum absolute atomic E-state index is 11.9. The fourth-order valence-corrected chi connectivity index (χ4v) is 1.99. The number of nitrogens with one attached hydrogen (secondary N) is 1. The summed E-state index contributed by atoms with van der Waals surface area (Å²) in [6.07, 6.45) is 2.66. The highest BCUT2D eigenvalue weighted by molar-refractivity contribution is 6.00. The van der Waals surface area contributed by atoms with Gasteiger partial charge in [0.05, 0.1) is 23.3 Å². The fourth-order valence-electron chi connectivity index (χ4n) is 1.99. The molecule has 8 nitrogen and oxygen atoms in total. The molecule has 0 fully saturated rings. The smallest absolute Gasteiger partial charge is 0.349 e. The fraction of sp³-hybridized carbons (Fsp3) is 0.250. The third-order valence-electron chi connectivity index (χ3n) is 3.28. The average Bonchev–Trinajstić information content (AvgIpc) is 3.14.